The van der Waals surface area contributed by atoms with Gasteiger partial charge in [-0.1, -0.05) is 6.07 Å². The van der Waals surface area contributed by atoms with Crippen molar-refractivity contribution in [3.63, 3.8) is 0 Å². The lowest BCUT2D eigenvalue weighted by atomic mass is 9.95. The van der Waals surface area contributed by atoms with Crippen molar-refractivity contribution in [1.82, 2.24) is 4.98 Å². The Bertz CT molecular complexity index is 650. The molecule has 0 radical (unpaired) electrons. The standard InChI is InChI=1S/C14H8F2N2O/c15-9-4-5-12(16)10(7-9)14(19)11(8-17)13-3-1-2-6-18-13/h1-7,11H. The molecule has 0 aliphatic carbocycles. The minimum absolute atomic E-state index is 0.207. The summed E-state index contributed by atoms with van der Waals surface area (Å²) in [5.41, 5.74) is -0.240. The molecule has 94 valence electrons. The number of carbonyl (C=O) groups excluding carboxylic acids is 1. The van der Waals surface area contributed by atoms with Gasteiger partial charge in [0.2, 0.25) is 0 Å². The number of nitrogens with zero attached hydrogens (tertiary/aromatic N) is 2. The quantitative estimate of drug-likeness (QED) is 0.795. The van der Waals surface area contributed by atoms with Gasteiger partial charge in [-0.2, -0.15) is 5.26 Å². The van der Waals surface area contributed by atoms with E-state index < -0.39 is 28.9 Å². The number of nitriles is 1. The Labute approximate surface area is 108 Å². The maximum atomic E-state index is 13.5. The molecule has 0 aliphatic rings. The molecule has 1 atom stereocenters. The molecule has 0 saturated carbocycles. The summed E-state index contributed by atoms with van der Waals surface area (Å²) in [6, 6.07) is 9.04. The van der Waals surface area contributed by atoms with E-state index in [2.05, 4.69) is 4.98 Å². The van der Waals surface area contributed by atoms with Gasteiger partial charge in [-0.25, -0.2) is 8.78 Å². The molecule has 1 aromatic carbocycles. The van der Waals surface area contributed by atoms with E-state index in [0.717, 1.165) is 18.2 Å². The summed E-state index contributed by atoms with van der Waals surface area (Å²) in [7, 11) is 0. The molecule has 19 heavy (non-hydrogen) atoms. The van der Waals surface area contributed by atoms with Gasteiger partial charge in [-0.15, -0.1) is 0 Å². The molecule has 1 aromatic heterocycles. The zero-order valence-electron chi connectivity index (χ0n) is 9.68. The molecule has 0 saturated heterocycles. The zero-order chi connectivity index (χ0) is 13.8. The predicted octanol–water partition coefficient (Wildman–Crippen LogP) is 2.85. The molecular weight excluding hydrogens is 250 g/mol. The fraction of sp³-hybridized carbons (Fsp3) is 0.0714. The van der Waals surface area contributed by atoms with Gasteiger partial charge in [0.1, 0.15) is 11.6 Å². The van der Waals surface area contributed by atoms with Crippen molar-refractivity contribution in [3.05, 3.63) is 65.5 Å². The van der Waals surface area contributed by atoms with Gasteiger partial charge in [0.25, 0.3) is 0 Å². The van der Waals surface area contributed by atoms with Crippen LogP contribution in [0.5, 0.6) is 0 Å². The summed E-state index contributed by atoms with van der Waals surface area (Å²) in [4.78, 5) is 16.0. The number of halogens is 2. The van der Waals surface area contributed by atoms with Crippen LogP contribution in [0.3, 0.4) is 0 Å². The second kappa shape index (κ2) is 5.36. The van der Waals surface area contributed by atoms with E-state index >= 15 is 0 Å². The van der Waals surface area contributed by atoms with Crippen molar-refractivity contribution < 1.29 is 13.6 Å². The number of hydrogen-bond acceptors (Lipinski definition) is 3. The van der Waals surface area contributed by atoms with Crippen molar-refractivity contribution >= 4 is 5.78 Å². The monoisotopic (exact) mass is 258 g/mol. The van der Waals surface area contributed by atoms with Crippen molar-refractivity contribution in [2.75, 3.05) is 0 Å². The highest BCUT2D eigenvalue weighted by atomic mass is 19.1. The lowest BCUT2D eigenvalue weighted by Crippen LogP contribution is -2.14. The lowest BCUT2D eigenvalue weighted by Gasteiger charge is -2.08. The predicted molar refractivity (Wildman–Crippen MR) is 63.3 cm³/mol. The van der Waals surface area contributed by atoms with E-state index in [4.69, 9.17) is 5.26 Å². The lowest BCUT2D eigenvalue weighted by molar-refractivity contribution is 0.0973. The molecule has 0 fully saturated rings. The molecule has 0 bridgehead atoms. The third kappa shape index (κ3) is 2.63. The van der Waals surface area contributed by atoms with Crippen LogP contribution in [0, 0.1) is 23.0 Å². The molecular formula is C14H8F2N2O. The second-order valence-electron chi connectivity index (χ2n) is 3.81. The highest BCUT2D eigenvalue weighted by Gasteiger charge is 2.25. The Morgan fingerprint density at radius 3 is 2.68 bits per heavy atom. The van der Waals surface area contributed by atoms with E-state index in [-0.39, 0.29) is 5.69 Å². The largest absolute Gasteiger partial charge is 0.292 e. The van der Waals surface area contributed by atoms with Gasteiger partial charge in [-0.3, -0.25) is 9.78 Å². The Kier molecular flexibility index (Phi) is 3.62. The third-order valence-corrected chi connectivity index (χ3v) is 2.57. The van der Waals surface area contributed by atoms with E-state index in [1.807, 2.05) is 0 Å². The maximum Gasteiger partial charge on any atom is 0.189 e. The number of benzene rings is 1. The highest BCUT2D eigenvalue weighted by Crippen LogP contribution is 2.21. The summed E-state index contributed by atoms with van der Waals surface area (Å²) >= 11 is 0. The molecule has 0 amide bonds. The maximum absolute atomic E-state index is 13.5. The first-order valence-electron chi connectivity index (χ1n) is 5.43. The van der Waals surface area contributed by atoms with E-state index in [1.165, 1.54) is 12.3 Å². The Morgan fingerprint density at radius 1 is 1.26 bits per heavy atom. The fourth-order valence-electron chi connectivity index (χ4n) is 1.65. The molecule has 3 nitrogen and oxygen atoms in total. The van der Waals surface area contributed by atoms with Crippen LogP contribution < -0.4 is 0 Å². The van der Waals surface area contributed by atoms with Crippen LogP contribution in [0.2, 0.25) is 0 Å². The fourth-order valence-corrected chi connectivity index (χ4v) is 1.65. The van der Waals surface area contributed by atoms with Gasteiger partial charge in [0.15, 0.2) is 11.7 Å². The highest BCUT2D eigenvalue weighted by molar-refractivity contribution is 6.02. The van der Waals surface area contributed by atoms with Crippen LogP contribution >= 0.6 is 0 Å². The number of Topliss-reactive ketones (excluding diaryl/α,β-unsaturated/α-hetero) is 1. The summed E-state index contributed by atoms with van der Waals surface area (Å²) in [6.45, 7) is 0. The van der Waals surface area contributed by atoms with E-state index in [1.54, 1.807) is 18.2 Å². The zero-order valence-corrected chi connectivity index (χ0v) is 9.68. The summed E-state index contributed by atoms with van der Waals surface area (Å²) in [6.07, 6.45) is 1.43. The molecule has 0 N–H and O–H groups in total. The normalized spacial score (nSPS) is 11.6. The second-order valence-corrected chi connectivity index (χ2v) is 3.81. The number of ketones is 1. The first kappa shape index (κ1) is 12.8. The van der Waals surface area contributed by atoms with Crippen LogP contribution in [0.1, 0.15) is 22.0 Å². The first-order valence-corrected chi connectivity index (χ1v) is 5.43. The van der Waals surface area contributed by atoms with Gasteiger partial charge < -0.3 is 0 Å². The van der Waals surface area contributed by atoms with Crippen LogP contribution in [0.15, 0.2) is 42.6 Å². The average molecular weight is 258 g/mol. The number of hydrogen-bond donors (Lipinski definition) is 0. The molecule has 2 aromatic rings. The van der Waals surface area contributed by atoms with Gasteiger partial charge in [0, 0.05) is 6.20 Å². The van der Waals surface area contributed by atoms with Crippen molar-refractivity contribution in [3.8, 4) is 6.07 Å². The van der Waals surface area contributed by atoms with Crippen LogP contribution in [-0.4, -0.2) is 10.8 Å². The van der Waals surface area contributed by atoms with Crippen LogP contribution in [0.4, 0.5) is 8.78 Å². The summed E-state index contributed by atoms with van der Waals surface area (Å²) < 4.78 is 26.6. The Morgan fingerprint density at radius 2 is 2.05 bits per heavy atom. The molecule has 2 rings (SSSR count). The Hall–Kier alpha value is -2.61. The van der Waals surface area contributed by atoms with E-state index in [9.17, 15) is 13.6 Å². The average Bonchev–Trinajstić information content (AvgIpc) is 2.43. The molecule has 5 heteroatoms. The smallest absolute Gasteiger partial charge is 0.189 e. The number of carbonyl (C=O) groups is 1. The van der Waals surface area contributed by atoms with Gasteiger partial charge in [0.05, 0.1) is 17.3 Å². The summed E-state index contributed by atoms with van der Waals surface area (Å²) in [5, 5.41) is 9.04. The minimum Gasteiger partial charge on any atom is -0.292 e. The van der Waals surface area contributed by atoms with Crippen molar-refractivity contribution in [2.45, 2.75) is 5.92 Å². The van der Waals surface area contributed by atoms with Gasteiger partial charge >= 0.3 is 0 Å². The number of pyridine rings is 1. The number of rotatable bonds is 3. The molecule has 1 unspecified atom stereocenters. The van der Waals surface area contributed by atoms with Gasteiger partial charge in [-0.05, 0) is 30.3 Å². The van der Waals surface area contributed by atoms with Crippen molar-refractivity contribution in [2.24, 2.45) is 0 Å². The molecule has 1 heterocycles. The minimum atomic E-state index is -1.25. The van der Waals surface area contributed by atoms with E-state index in [0.29, 0.717) is 0 Å². The van der Waals surface area contributed by atoms with Crippen LogP contribution in [0.25, 0.3) is 0 Å². The summed E-state index contributed by atoms with van der Waals surface area (Å²) in [5.74, 6) is -3.65. The third-order valence-electron chi connectivity index (χ3n) is 2.57. The Balaban J connectivity index is 2.43. The topological polar surface area (TPSA) is 53.8 Å². The van der Waals surface area contributed by atoms with Crippen LogP contribution in [-0.2, 0) is 0 Å². The SMILES string of the molecule is N#CC(C(=O)c1cc(F)ccc1F)c1ccccn1. The molecule has 0 aliphatic heterocycles. The number of aromatic nitrogens is 1. The first-order chi connectivity index (χ1) is 9.13. The molecule has 0 spiro atoms. The van der Waals surface area contributed by atoms with Crippen molar-refractivity contribution in [1.29, 1.82) is 5.26 Å².